The predicted octanol–water partition coefficient (Wildman–Crippen LogP) is 0.933. The minimum atomic E-state index is -3.38. The average Bonchev–Trinajstić information content (AvgIpc) is 2.16. The van der Waals surface area contributed by atoms with E-state index in [2.05, 4.69) is 15.0 Å². The van der Waals surface area contributed by atoms with Crippen molar-refractivity contribution in [3.63, 3.8) is 0 Å². The van der Waals surface area contributed by atoms with Crippen molar-refractivity contribution < 1.29 is 18.3 Å². The van der Waals surface area contributed by atoms with Gasteiger partial charge in [-0.1, -0.05) is 0 Å². The maximum Gasteiger partial charge on any atom is 0.409 e. The van der Waals surface area contributed by atoms with Crippen molar-refractivity contribution in [2.75, 3.05) is 15.8 Å². The minimum Gasteiger partial charge on any atom is -0.465 e. The Bertz CT molecular complexity index is 486. The number of hydrogen-bond donors (Lipinski definition) is 3. The van der Waals surface area contributed by atoms with Crippen LogP contribution in [0.25, 0.3) is 0 Å². The fraction of sp³-hybridized carbons (Fsp3) is 0.250. The second kappa shape index (κ2) is 4.79. The van der Waals surface area contributed by atoms with E-state index in [4.69, 9.17) is 5.11 Å². The molecular weight excluding hydrogens is 234 g/mol. The van der Waals surface area contributed by atoms with Crippen LogP contribution >= 0.6 is 0 Å². The maximum atomic E-state index is 11.2. The number of carbonyl (C=O) groups is 1. The highest BCUT2D eigenvalue weighted by molar-refractivity contribution is 7.92. The predicted molar refractivity (Wildman–Crippen MR) is 59.0 cm³/mol. The number of rotatable bonds is 4. The fourth-order valence-corrected chi connectivity index (χ4v) is 1.55. The third kappa shape index (κ3) is 3.73. The fourth-order valence-electron chi connectivity index (χ4n) is 0.939. The molecule has 8 heteroatoms. The lowest BCUT2D eigenvalue weighted by Crippen LogP contribution is -2.15. The van der Waals surface area contributed by atoms with Gasteiger partial charge >= 0.3 is 6.09 Å². The van der Waals surface area contributed by atoms with Gasteiger partial charge in [-0.15, -0.1) is 0 Å². The SMILES string of the molecule is CCS(=O)(=O)Nc1cncc(NC(=O)O)c1. The van der Waals surface area contributed by atoms with Gasteiger partial charge < -0.3 is 5.11 Å². The molecular formula is C8H11N3O4S. The number of nitrogens with zero attached hydrogens (tertiary/aromatic N) is 1. The van der Waals surface area contributed by atoms with Crippen LogP contribution in [0.5, 0.6) is 0 Å². The second-order valence-corrected chi connectivity index (χ2v) is 4.91. The van der Waals surface area contributed by atoms with Gasteiger partial charge in [-0.3, -0.25) is 15.0 Å². The molecule has 0 aromatic carbocycles. The van der Waals surface area contributed by atoms with E-state index in [0.717, 1.165) is 0 Å². The summed E-state index contributed by atoms with van der Waals surface area (Å²) in [6.07, 6.45) is 1.33. The molecule has 0 saturated carbocycles. The van der Waals surface area contributed by atoms with Gasteiger partial charge in [-0.25, -0.2) is 13.2 Å². The monoisotopic (exact) mass is 245 g/mol. The minimum absolute atomic E-state index is 0.0659. The lowest BCUT2D eigenvalue weighted by atomic mass is 10.4. The van der Waals surface area contributed by atoms with E-state index in [0.29, 0.717) is 0 Å². The third-order valence-electron chi connectivity index (χ3n) is 1.64. The highest BCUT2D eigenvalue weighted by Gasteiger charge is 2.07. The Morgan fingerprint density at radius 2 is 2.06 bits per heavy atom. The van der Waals surface area contributed by atoms with Crippen LogP contribution in [0.3, 0.4) is 0 Å². The Kier molecular flexibility index (Phi) is 3.67. The molecule has 88 valence electrons. The molecule has 1 aromatic heterocycles. The number of hydrogen-bond acceptors (Lipinski definition) is 4. The van der Waals surface area contributed by atoms with Gasteiger partial charge in [0, 0.05) is 0 Å². The summed E-state index contributed by atoms with van der Waals surface area (Å²) in [5.74, 6) is -0.0659. The maximum absolute atomic E-state index is 11.2. The van der Waals surface area contributed by atoms with Gasteiger partial charge in [0.1, 0.15) is 0 Å². The van der Waals surface area contributed by atoms with E-state index in [1.54, 1.807) is 0 Å². The number of anilines is 2. The van der Waals surface area contributed by atoms with Crippen LogP contribution in [-0.4, -0.2) is 30.4 Å². The molecule has 0 bridgehead atoms. The Morgan fingerprint density at radius 3 is 2.62 bits per heavy atom. The smallest absolute Gasteiger partial charge is 0.409 e. The van der Waals surface area contributed by atoms with Crippen LogP contribution in [0, 0.1) is 0 Å². The standard InChI is InChI=1S/C8H11N3O4S/c1-2-16(14,15)11-7-3-6(4-9-5-7)10-8(12)13/h3-5,10-11H,2H2,1H3,(H,12,13). The van der Waals surface area contributed by atoms with Crippen molar-refractivity contribution in [2.24, 2.45) is 0 Å². The Morgan fingerprint density at radius 1 is 1.44 bits per heavy atom. The quantitative estimate of drug-likeness (QED) is 0.731. The first kappa shape index (κ1) is 12.2. The van der Waals surface area contributed by atoms with Crippen LogP contribution in [0.1, 0.15) is 6.92 Å². The summed E-state index contributed by atoms with van der Waals surface area (Å²) in [4.78, 5) is 14.0. The van der Waals surface area contributed by atoms with Gasteiger partial charge in [-0.2, -0.15) is 0 Å². The van der Waals surface area contributed by atoms with Gasteiger partial charge in [0.05, 0.1) is 29.5 Å². The first-order chi connectivity index (χ1) is 7.43. The molecule has 0 radical (unpaired) electrons. The molecule has 1 aromatic rings. The summed E-state index contributed by atoms with van der Waals surface area (Å²) in [6, 6.07) is 1.34. The number of sulfonamides is 1. The molecule has 1 rings (SSSR count). The zero-order valence-electron chi connectivity index (χ0n) is 8.47. The van der Waals surface area contributed by atoms with E-state index in [1.807, 2.05) is 0 Å². The molecule has 0 aliphatic heterocycles. The molecule has 0 fully saturated rings. The first-order valence-corrected chi connectivity index (χ1v) is 6.03. The van der Waals surface area contributed by atoms with E-state index in [9.17, 15) is 13.2 Å². The van der Waals surface area contributed by atoms with Crippen LogP contribution in [0.4, 0.5) is 16.2 Å². The van der Waals surface area contributed by atoms with Crippen molar-refractivity contribution in [3.05, 3.63) is 18.5 Å². The third-order valence-corrected chi connectivity index (χ3v) is 2.95. The molecule has 0 unspecified atom stereocenters. The van der Waals surface area contributed by atoms with Crippen LogP contribution in [0.15, 0.2) is 18.5 Å². The number of aromatic nitrogens is 1. The normalized spacial score (nSPS) is 10.8. The molecule has 0 aliphatic rings. The Balaban J connectivity index is 2.87. The Labute approximate surface area is 92.6 Å². The molecule has 3 N–H and O–H groups in total. The number of nitrogens with one attached hydrogen (secondary N) is 2. The topological polar surface area (TPSA) is 108 Å². The zero-order chi connectivity index (χ0) is 12.2. The highest BCUT2D eigenvalue weighted by Crippen LogP contribution is 2.14. The molecule has 1 heterocycles. The van der Waals surface area contributed by atoms with E-state index < -0.39 is 16.1 Å². The second-order valence-electron chi connectivity index (χ2n) is 2.90. The molecule has 0 spiro atoms. The summed E-state index contributed by atoms with van der Waals surface area (Å²) < 4.78 is 24.7. The largest absolute Gasteiger partial charge is 0.465 e. The molecule has 1 amide bonds. The zero-order valence-corrected chi connectivity index (χ0v) is 9.28. The van der Waals surface area contributed by atoms with Crippen molar-refractivity contribution in [1.82, 2.24) is 4.98 Å². The van der Waals surface area contributed by atoms with Crippen molar-refractivity contribution in [1.29, 1.82) is 0 Å². The number of amides is 1. The van der Waals surface area contributed by atoms with Gasteiger partial charge in [0.15, 0.2) is 0 Å². The lowest BCUT2D eigenvalue weighted by molar-refractivity contribution is 0.209. The molecule has 7 nitrogen and oxygen atoms in total. The lowest BCUT2D eigenvalue weighted by Gasteiger charge is -2.06. The average molecular weight is 245 g/mol. The summed E-state index contributed by atoms with van der Waals surface area (Å²) in [5.41, 5.74) is 0.414. The summed E-state index contributed by atoms with van der Waals surface area (Å²) in [5, 5.41) is 10.5. The Hall–Kier alpha value is -1.83. The van der Waals surface area contributed by atoms with Crippen LogP contribution in [-0.2, 0) is 10.0 Å². The first-order valence-electron chi connectivity index (χ1n) is 4.38. The van der Waals surface area contributed by atoms with E-state index >= 15 is 0 Å². The molecule has 0 saturated heterocycles. The van der Waals surface area contributed by atoms with Gasteiger partial charge in [0.2, 0.25) is 10.0 Å². The molecule has 16 heavy (non-hydrogen) atoms. The van der Waals surface area contributed by atoms with Crippen molar-refractivity contribution >= 4 is 27.5 Å². The van der Waals surface area contributed by atoms with Crippen LogP contribution < -0.4 is 10.0 Å². The van der Waals surface area contributed by atoms with Gasteiger partial charge in [-0.05, 0) is 13.0 Å². The van der Waals surface area contributed by atoms with Crippen molar-refractivity contribution in [2.45, 2.75) is 6.92 Å². The summed E-state index contributed by atoms with van der Waals surface area (Å²) in [7, 11) is -3.38. The molecule has 0 aliphatic carbocycles. The van der Waals surface area contributed by atoms with Crippen LogP contribution in [0.2, 0.25) is 0 Å². The summed E-state index contributed by atoms with van der Waals surface area (Å²) >= 11 is 0. The summed E-state index contributed by atoms with van der Waals surface area (Å²) in [6.45, 7) is 1.50. The van der Waals surface area contributed by atoms with E-state index in [1.165, 1.54) is 25.4 Å². The van der Waals surface area contributed by atoms with Crippen molar-refractivity contribution in [3.8, 4) is 0 Å². The van der Waals surface area contributed by atoms with E-state index in [-0.39, 0.29) is 17.1 Å². The van der Waals surface area contributed by atoms with Gasteiger partial charge in [0.25, 0.3) is 0 Å². The number of pyridine rings is 1. The highest BCUT2D eigenvalue weighted by atomic mass is 32.2. The number of carboxylic acid groups (broad SMARTS) is 1. The molecule has 0 atom stereocenters.